The molecule has 0 unspecified atom stereocenters. The molecule has 3 heteroatoms. The van der Waals surface area contributed by atoms with Gasteiger partial charge < -0.3 is 5.32 Å². The fourth-order valence-electron chi connectivity index (χ4n) is 5.38. The highest BCUT2D eigenvalue weighted by molar-refractivity contribution is 7.10. The first-order chi connectivity index (χ1) is 10.2. The molecule has 4 aliphatic rings. The predicted molar refractivity (Wildman–Crippen MR) is 87.0 cm³/mol. The molecule has 21 heavy (non-hydrogen) atoms. The molecule has 4 bridgehead atoms. The third-order valence-corrected chi connectivity index (χ3v) is 6.58. The summed E-state index contributed by atoms with van der Waals surface area (Å²) in [6, 6.07) is 4.05. The topological polar surface area (TPSA) is 29.1 Å². The van der Waals surface area contributed by atoms with Gasteiger partial charge in [-0.1, -0.05) is 6.07 Å². The fourth-order valence-corrected chi connectivity index (χ4v) is 6.00. The number of rotatable bonds is 4. The van der Waals surface area contributed by atoms with Crippen molar-refractivity contribution in [3.8, 4) is 0 Å². The monoisotopic (exact) mass is 301 g/mol. The number of nitrogens with one attached hydrogen (secondary N) is 1. The van der Waals surface area contributed by atoms with Gasteiger partial charge in [0, 0.05) is 17.5 Å². The fraction of sp³-hybridized carbons (Fsp3) is 0.611. The van der Waals surface area contributed by atoms with E-state index in [2.05, 4.69) is 5.32 Å². The highest BCUT2D eigenvalue weighted by Crippen LogP contribution is 2.59. The summed E-state index contributed by atoms with van der Waals surface area (Å²) in [4.78, 5) is 13.2. The molecule has 1 aromatic rings. The molecule has 0 spiro atoms. The van der Waals surface area contributed by atoms with E-state index in [1.807, 2.05) is 23.6 Å². The van der Waals surface area contributed by atoms with E-state index >= 15 is 0 Å². The lowest BCUT2D eigenvalue weighted by Crippen LogP contribution is -2.51. The van der Waals surface area contributed by atoms with Crippen LogP contribution < -0.4 is 5.32 Å². The summed E-state index contributed by atoms with van der Waals surface area (Å²) in [5.41, 5.74) is 0.432. The summed E-state index contributed by atoms with van der Waals surface area (Å²) >= 11 is 1.66. The van der Waals surface area contributed by atoms with Crippen LogP contribution in [0.1, 0.15) is 43.4 Å². The number of thiophene rings is 1. The van der Waals surface area contributed by atoms with Crippen LogP contribution >= 0.6 is 11.3 Å². The summed E-state index contributed by atoms with van der Waals surface area (Å²) in [6.07, 6.45) is 12.1. The van der Waals surface area contributed by atoms with Crippen molar-refractivity contribution in [3.05, 3.63) is 28.5 Å². The van der Waals surface area contributed by atoms with E-state index in [1.165, 1.54) is 38.5 Å². The van der Waals surface area contributed by atoms with Gasteiger partial charge >= 0.3 is 0 Å². The average molecular weight is 301 g/mol. The van der Waals surface area contributed by atoms with Crippen molar-refractivity contribution in [3.63, 3.8) is 0 Å². The van der Waals surface area contributed by atoms with Crippen molar-refractivity contribution >= 4 is 23.3 Å². The quantitative estimate of drug-likeness (QED) is 0.834. The summed E-state index contributed by atoms with van der Waals surface area (Å²) < 4.78 is 0. The minimum atomic E-state index is 0.0687. The van der Waals surface area contributed by atoms with Crippen LogP contribution in [0.25, 0.3) is 6.08 Å². The van der Waals surface area contributed by atoms with E-state index in [1.54, 1.807) is 17.4 Å². The molecule has 1 aromatic heterocycles. The van der Waals surface area contributed by atoms with Gasteiger partial charge in [-0.3, -0.25) is 4.79 Å². The maximum atomic E-state index is 12.0. The van der Waals surface area contributed by atoms with Gasteiger partial charge in [0.15, 0.2) is 0 Å². The Morgan fingerprint density at radius 1 is 1.24 bits per heavy atom. The van der Waals surface area contributed by atoms with Crippen molar-refractivity contribution in [2.45, 2.75) is 38.5 Å². The van der Waals surface area contributed by atoms with Crippen LogP contribution in [0.2, 0.25) is 0 Å². The third kappa shape index (κ3) is 2.80. The van der Waals surface area contributed by atoms with Crippen LogP contribution in [-0.4, -0.2) is 12.5 Å². The van der Waals surface area contributed by atoms with Crippen molar-refractivity contribution in [2.24, 2.45) is 23.2 Å². The maximum absolute atomic E-state index is 12.0. The number of carbonyl (C=O) groups is 1. The Labute approximate surface area is 130 Å². The minimum absolute atomic E-state index is 0.0687. The summed E-state index contributed by atoms with van der Waals surface area (Å²) in [5.74, 6) is 2.93. The second-order valence-electron chi connectivity index (χ2n) is 7.48. The number of carbonyl (C=O) groups excluding carboxylic acids is 1. The summed E-state index contributed by atoms with van der Waals surface area (Å²) in [6.45, 7) is 0.893. The number of hydrogen-bond acceptors (Lipinski definition) is 2. The van der Waals surface area contributed by atoms with Gasteiger partial charge in [0.1, 0.15) is 0 Å². The SMILES string of the molecule is O=C(C=Cc1cccs1)NCC12CC3CC(CC(C3)C1)C2. The maximum Gasteiger partial charge on any atom is 0.244 e. The minimum Gasteiger partial charge on any atom is -0.352 e. The molecule has 1 heterocycles. The number of hydrogen-bond donors (Lipinski definition) is 1. The zero-order valence-corrected chi connectivity index (χ0v) is 13.2. The molecular weight excluding hydrogens is 278 g/mol. The zero-order valence-electron chi connectivity index (χ0n) is 12.4. The van der Waals surface area contributed by atoms with Crippen molar-refractivity contribution in [1.82, 2.24) is 5.32 Å². The van der Waals surface area contributed by atoms with E-state index in [0.717, 1.165) is 29.2 Å². The molecule has 0 aliphatic heterocycles. The molecule has 0 radical (unpaired) electrons. The molecule has 4 saturated carbocycles. The average Bonchev–Trinajstić information content (AvgIpc) is 2.95. The van der Waals surface area contributed by atoms with E-state index in [-0.39, 0.29) is 5.91 Å². The highest BCUT2D eigenvalue weighted by Gasteiger charge is 2.50. The van der Waals surface area contributed by atoms with E-state index < -0.39 is 0 Å². The first kappa shape index (κ1) is 13.6. The van der Waals surface area contributed by atoms with Gasteiger partial charge in [-0.2, -0.15) is 0 Å². The molecule has 1 N–H and O–H groups in total. The molecular formula is C18H23NOS. The molecule has 0 saturated heterocycles. The summed E-state index contributed by atoms with van der Waals surface area (Å²) in [5, 5.41) is 5.22. The van der Waals surface area contributed by atoms with Crippen molar-refractivity contribution in [1.29, 1.82) is 0 Å². The molecule has 112 valence electrons. The second-order valence-corrected chi connectivity index (χ2v) is 8.46. The van der Waals surface area contributed by atoms with E-state index in [9.17, 15) is 4.79 Å². The standard InChI is InChI=1S/C18H23NOS/c20-17(4-3-16-2-1-5-21-16)19-12-18-9-13-6-14(10-18)8-15(7-13)11-18/h1-5,13-15H,6-12H2,(H,19,20). The van der Waals surface area contributed by atoms with Gasteiger partial charge in [0.05, 0.1) is 0 Å². The predicted octanol–water partition coefficient (Wildman–Crippen LogP) is 4.09. The lowest BCUT2D eigenvalue weighted by atomic mass is 9.49. The lowest BCUT2D eigenvalue weighted by Gasteiger charge is -2.56. The smallest absolute Gasteiger partial charge is 0.244 e. The molecule has 2 nitrogen and oxygen atoms in total. The largest absolute Gasteiger partial charge is 0.352 e. The summed E-state index contributed by atoms with van der Waals surface area (Å²) in [7, 11) is 0. The Bertz CT molecular complexity index is 510. The third-order valence-electron chi connectivity index (χ3n) is 5.74. The molecule has 0 aromatic carbocycles. The Morgan fingerprint density at radius 3 is 2.48 bits per heavy atom. The zero-order chi connectivity index (χ0) is 14.3. The van der Waals surface area contributed by atoms with Gasteiger partial charge in [0.2, 0.25) is 5.91 Å². The number of amides is 1. The van der Waals surface area contributed by atoms with E-state index in [0.29, 0.717) is 5.41 Å². The van der Waals surface area contributed by atoms with Crippen molar-refractivity contribution < 1.29 is 4.79 Å². The van der Waals surface area contributed by atoms with Crippen LogP contribution in [0.4, 0.5) is 0 Å². The van der Waals surface area contributed by atoms with Gasteiger partial charge in [-0.05, 0) is 79.2 Å². The molecule has 5 rings (SSSR count). The second kappa shape index (κ2) is 5.28. The molecule has 4 aliphatic carbocycles. The van der Waals surface area contributed by atoms with E-state index in [4.69, 9.17) is 0 Å². The normalized spacial score (nSPS) is 37.2. The highest BCUT2D eigenvalue weighted by atomic mass is 32.1. The first-order valence-corrected chi connectivity index (χ1v) is 9.08. The van der Waals surface area contributed by atoms with Crippen LogP contribution in [0, 0.1) is 23.2 Å². The van der Waals surface area contributed by atoms with Gasteiger partial charge in [-0.25, -0.2) is 0 Å². The first-order valence-electron chi connectivity index (χ1n) is 8.20. The van der Waals surface area contributed by atoms with Gasteiger partial charge in [0.25, 0.3) is 0 Å². The van der Waals surface area contributed by atoms with Crippen LogP contribution in [0.5, 0.6) is 0 Å². The lowest BCUT2D eigenvalue weighted by molar-refractivity contribution is -0.118. The molecule has 4 fully saturated rings. The van der Waals surface area contributed by atoms with Gasteiger partial charge in [-0.15, -0.1) is 11.3 Å². The van der Waals surface area contributed by atoms with Crippen LogP contribution in [0.15, 0.2) is 23.6 Å². The van der Waals surface area contributed by atoms with Crippen LogP contribution in [0.3, 0.4) is 0 Å². The molecule has 1 amide bonds. The Balaban J connectivity index is 1.35. The van der Waals surface area contributed by atoms with Crippen molar-refractivity contribution in [2.75, 3.05) is 6.54 Å². The van der Waals surface area contributed by atoms with Crippen LogP contribution in [-0.2, 0) is 4.79 Å². The Hall–Kier alpha value is -1.09. The Morgan fingerprint density at radius 2 is 1.90 bits per heavy atom. The Kier molecular flexibility index (Phi) is 3.41. The molecule has 0 atom stereocenters.